The maximum atomic E-state index is 6.62. The minimum Gasteiger partial charge on any atom is -0.456 e. The van der Waals surface area contributed by atoms with Crippen molar-refractivity contribution in [2.24, 2.45) is 9.98 Å². The van der Waals surface area contributed by atoms with Gasteiger partial charge in [-0.25, -0.2) is 9.98 Å². The maximum Gasteiger partial charge on any atom is 0.159 e. The molecule has 3 heterocycles. The van der Waals surface area contributed by atoms with Crippen molar-refractivity contribution in [1.82, 2.24) is 5.32 Å². The van der Waals surface area contributed by atoms with E-state index in [0.29, 0.717) is 5.84 Å². The van der Waals surface area contributed by atoms with Crippen LogP contribution in [0.3, 0.4) is 0 Å². The molecule has 262 valence electrons. The predicted octanol–water partition coefficient (Wildman–Crippen LogP) is 13.1. The standard InChI is InChI=1S/C51H31N3O2/c1-3-11-33-26-37(18-16-30(33)8-1)49-52-50(38-19-17-31-9-2-4-12-34(31)27-38)54-51(53-49)42-14-7-15-43-48(42)41-24-21-36(29-46(41)55-43)35-20-23-40-45(28-35)56-44-25-22-32-10-5-6-13-39(32)47(40)44/h1-29,51H,(H,52,53,54). The average Bonchev–Trinajstić information content (AvgIpc) is 3.84. The van der Waals surface area contributed by atoms with Gasteiger partial charge in [0.05, 0.1) is 0 Å². The van der Waals surface area contributed by atoms with E-state index in [1.54, 1.807) is 0 Å². The molecule has 0 radical (unpaired) electrons. The zero-order valence-corrected chi connectivity index (χ0v) is 30.0. The van der Waals surface area contributed by atoms with Gasteiger partial charge in [0.15, 0.2) is 5.84 Å². The summed E-state index contributed by atoms with van der Waals surface area (Å²) in [5.41, 5.74) is 8.52. The van der Waals surface area contributed by atoms with Crippen LogP contribution in [0.15, 0.2) is 195 Å². The van der Waals surface area contributed by atoms with Gasteiger partial charge in [0, 0.05) is 38.2 Å². The van der Waals surface area contributed by atoms with Crippen LogP contribution in [0.4, 0.5) is 0 Å². The summed E-state index contributed by atoms with van der Waals surface area (Å²) in [6, 6.07) is 61.6. The molecule has 0 fully saturated rings. The molecule has 1 unspecified atom stereocenters. The topological polar surface area (TPSA) is 63.0 Å². The van der Waals surface area contributed by atoms with E-state index in [4.69, 9.17) is 18.8 Å². The molecule has 56 heavy (non-hydrogen) atoms. The first-order valence-electron chi connectivity index (χ1n) is 18.9. The largest absolute Gasteiger partial charge is 0.456 e. The van der Waals surface area contributed by atoms with Gasteiger partial charge in [-0.15, -0.1) is 0 Å². The van der Waals surface area contributed by atoms with Crippen LogP contribution in [0.2, 0.25) is 0 Å². The van der Waals surface area contributed by atoms with Crippen LogP contribution in [-0.2, 0) is 0 Å². The molecule has 2 aromatic heterocycles. The molecule has 0 spiro atoms. The molecule has 1 atom stereocenters. The van der Waals surface area contributed by atoms with Crippen LogP contribution in [0, 0.1) is 0 Å². The summed E-state index contributed by atoms with van der Waals surface area (Å²) in [6.45, 7) is 0. The molecule has 0 bridgehead atoms. The minimum absolute atomic E-state index is 0.411. The number of hydrogen-bond acceptors (Lipinski definition) is 5. The molecule has 1 N–H and O–H groups in total. The summed E-state index contributed by atoms with van der Waals surface area (Å²) in [6.07, 6.45) is -0.411. The zero-order valence-electron chi connectivity index (χ0n) is 30.0. The number of aliphatic imine (C=N–C) groups is 2. The molecule has 11 aromatic rings. The van der Waals surface area contributed by atoms with Gasteiger partial charge in [-0.3, -0.25) is 0 Å². The van der Waals surface area contributed by atoms with Crippen molar-refractivity contribution in [3.05, 3.63) is 193 Å². The first-order chi connectivity index (χ1) is 27.7. The van der Waals surface area contributed by atoms with Gasteiger partial charge in [-0.2, -0.15) is 0 Å². The van der Waals surface area contributed by atoms with Gasteiger partial charge in [0.2, 0.25) is 0 Å². The predicted molar refractivity (Wildman–Crippen MR) is 231 cm³/mol. The van der Waals surface area contributed by atoms with E-state index in [1.807, 2.05) is 6.07 Å². The lowest BCUT2D eigenvalue weighted by Crippen LogP contribution is -2.33. The Morgan fingerprint density at radius 3 is 1.70 bits per heavy atom. The minimum atomic E-state index is -0.411. The van der Waals surface area contributed by atoms with E-state index in [1.165, 1.54) is 21.5 Å². The Labute approximate surface area is 320 Å². The average molecular weight is 718 g/mol. The summed E-state index contributed by atoms with van der Waals surface area (Å²) >= 11 is 0. The van der Waals surface area contributed by atoms with Crippen molar-refractivity contribution in [3.63, 3.8) is 0 Å². The van der Waals surface area contributed by atoms with E-state index < -0.39 is 6.17 Å². The number of benzene rings is 9. The number of furan rings is 2. The highest BCUT2D eigenvalue weighted by Gasteiger charge is 2.25. The smallest absolute Gasteiger partial charge is 0.159 e. The Morgan fingerprint density at radius 2 is 0.964 bits per heavy atom. The van der Waals surface area contributed by atoms with Crippen LogP contribution in [0.1, 0.15) is 22.9 Å². The molecule has 1 aliphatic heterocycles. The van der Waals surface area contributed by atoms with Gasteiger partial charge in [0.1, 0.15) is 34.3 Å². The summed E-state index contributed by atoms with van der Waals surface area (Å²) in [4.78, 5) is 10.5. The Morgan fingerprint density at radius 1 is 0.393 bits per heavy atom. The summed E-state index contributed by atoms with van der Waals surface area (Å²) < 4.78 is 13.0. The number of nitrogens with zero attached hydrogens (tertiary/aromatic N) is 2. The van der Waals surface area contributed by atoms with Crippen molar-refractivity contribution < 1.29 is 8.83 Å². The quantitative estimate of drug-likeness (QED) is 0.197. The van der Waals surface area contributed by atoms with Crippen molar-refractivity contribution in [2.75, 3.05) is 0 Å². The lowest BCUT2D eigenvalue weighted by atomic mass is 9.99. The molecule has 0 amide bonds. The fourth-order valence-electron chi connectivity index (χ4n) is 8.54. The summed E-state index contributed by atoms with van der Waals surface area (Å²) in [5.74, 6) is 1.46. The Balaban J connectivity index is 0.974. The number of rotatable bonds is 4. The molecular weight excluding hydrogens is 687 g/mol. The van der Waals surface area contributed by atoms with E-state index in [-0.39, 0.29) is 0 Å². The Hall–Kier alpha value is -7.50. The second-order valence-corrected chi connectivity index (χ2v) is 14.6. The van der Waals surface area contributed by atoms with Crippen LogP contribution in [0.5, 0.6) is 0 Å². The molecule has 9 aromatic carbocycles. The third-order valence-corrected chi connectivity index (χ3v) is 11.3. The highest BCUT2D eigenvalue weighted by Crippen LogP contribution is 2.40. The molecule has 5 nitrogen and oxygen atoms in total. The van der Waals surface area contributed by atoms with Gasteiger partial charge >= 0.3 is 0 Å². The lowest BCUT2D eigenvalue weighted by molar-refractivity contribution is 0.662. The summed E-state index contributed by atoms with van der Waals surface area (Å²) in [7, 11) is 0. The van der Waals surface area contributed by atoms with Crippen molar-refractivity contribution in [3.8, 4) is 11.1 Å². The van der Waals surface area contributed by atoms with Crippen LogP contribution in [-0.4, -0.2) is 11.7 Å². The van der Waals surface area contributed by atoms with Crippen LogP contribution in [0.25, 0.3) is 87.3 Å². The van der Waals surface area contributed by atoms with E-state index in [9.17, 15) is 0 Å². The van der Waals surface area contributed by atoms with E-state index >= 15 is 0 Å². The molecule has 0 aliphatic carbocycles. The van der Waals surface area contributed by atoms with E-state index in [0.717, 1.165) is 88.3 Å². The summed E-state index contributed by atoms with van der Waals surface area (Å²) in [5, 5.41) is 15.1. The first kappa shape index (κ1) is 30.9. The molecule has 12 rings (SSSR count). The monoisotopic (exact) mass is 717 g/mol. The fourth-order valence-corrected chi connectivity index (χ4v) is 8.54. The van der Waals surface area contributed by atoms with Crippen LogP contribution >= 0.6 is 0 Å². The first-order valence-corrected chi connectivity index (χ1v) is 18.9. The normalized spacial score (nSPS) is 14.6. The third-order valence-electron chi connectivity index (χ3n) is 11.3. The number of amidine groups is 2. The highest BCUT2D eigenvalue weighted by molar-refractivity contribution is 6.19. The number of fused-ring (bicyclic) bond motifs is 10. The van der Waals surface area contributed by atoms with Crippen molar-refractivity contribution in [2.45, 2.75) is 6.17 Å². The SMILES string of the molecule is c1ccc2cc(C3=NC(c4cccc5oc6cc(-c7ccc8c(c7)oc7ccc9ccccc9c78)ccc6c45)NC(c4ccc5ccccc5c4)=N3)ccc2c1. The van der Waals surface area contributed by atoms with Crippen LogP contribution < -0.4 is 5.32 Å². The Bertz CT molecular complexity index is 3480. The van der Waals surface area contributed by atoms with Crippen molar-refractivity contribution >= 4 is 87.9 Å². The zero-order chi connectivity index (χ0) is 36.7. The lowest BCUT2D eigenvalue weighted by Gasteiger charge is -2.24. The number of hydrogen-bond donors (Lipinski definition) is 1. The fraction of sp³-hybridized carbons (Fsp3) is 0.0196. The molecule has 5 heteroatoms. The van der Waals surface area contributed by atoms with Crippen molar-refractivity contribution in [1.29, 1.82) is 0 Å². The maximum absolute atomic E-state index is 6.62. The molecule has 0 saturated heterocycles. The van der Waals surface area contributed by atoms with Gasteiger partial charge in [-0.1, -0.05) is 127 Å². The molecular formula is C51H31N3O2. The number of nitrogens with one attached hydrogen (secondary N) is 1. The second-order valence-electron chi connectivity index (χ2n) is 14.6. The van der Waals surface area contributed by atoms with E-state index in [2.05, 4.69) is 175 Å². The van der Waals surface area contributed by atoms with Gasteiger partial charge in [-0.05, 0) is 92.0 Å². The van der Waals surface area contributed by atoms with Gasteiger partial charge in [0.25, 0.3) is 0 Å². The van der Waals surface area contributed by atoms with Gasteiger partial charge < -0.3 is 14.2 Å². The third kappa shape index (κ3) is 4.88. The molecule has 1 aliphatic rings. The second kappa shape index (κ2) is 12.0. The Kier molecular flexibility index (Phi) is 6.63. The highest BCUT2D eigenvalue weighted by atomic mass is 16.3. The molecule has 0 saturated carbocycles.